The lowest BCUT2D eigenvalue weighted by atomic mass is 9.88. The maximum absolute atomic E-state index is 12.4. The van der Waals surface area contributed by atoms with Crippen molar-refractivity contribution in [2.75, 3.05) is 32.7 Å². The SMILES string of the molecule is O=C(CN1CCCC1)N1CCC(C(O)CCc2ccccc2)CC1. The van der Waals surface area contributed by atoms with Gasteiger partial charge < -0.3 is 10.0 Å². The molecule has 2 aliphatic heterocycles. The molecule has 1 aromatic rings. The molecule has 1 unspecified atom stereocenters. The predicted octanol–water partition coefficient (Wildman–Crippen LogP) is 2.31. The first-order chi connectivity index (χ1) is 11.7. The lowest BCUT2D eigenvalue weighted by Gasteiger charge is -2.35. The highest BCUT2D eigenvalue weighted by molar-refractivity contribution is 5.78. The molecule has 0 bridgehead atoms. The molecule has 1 atom stereocenters. The van der Waals surface area contributed by atoms with E-state index in [1.165, 1.54) is 18.4 Å². The third-order valence-electron chi connectivity index (χ3n) is 5.57. The van der Waals surface area contributed by atoms with Crippen LogP contribution in [0.15, 0.2) is 30.3 Å². The van der Waals surface area contributed by atoms with Gasteiger partial charge in [0.2, 0.25) is 5.91 Å². The van der Waals surface area contributed by atoms with Crippen LogP contribution in [0.25, 0.3) is 0 Å². The van der Waals surface area contributed by atoms with Gasteiger partial charge in [-0.3, -0.25) is 9.69 Å². The van der Waals surface area contributed by atoms with Crippen molar-refractivity contribution in [3.05, 3.63) is 35.9 Å². The normalized spacial score (nSPS) is 21.1. The lowest BCUT2D eigenvalue weighted by Crippen LogP contribution is -2.45. The summed E-state index contributed by atoms with van der Waals surface area (Å²) in [5, 5.41) is 10.5. The zero-order valence-corrected chi connectivity index (χ0v) is 14.6. The van der Waals surface area contributed by atoms with Crippen molar-refractivity contribution in [3.63, 3.8) is 0 Å². The number of rotatable bonds is 6. The Hall–Kier alpha value is -1.39. The molecule has 1 aromatic carbocycles. The number of nitrogens with zero attached hydrogens (tertiary/aromatic N) is 2. The highest BCUT2D eigenvalue weighted by atomic mass is 16.3. The van der Waals surface area contributed by atoms with Gasteiger partial charge in [0.25, 0.3) is 0 Å². The lowest BCUT2D eigenvalue weighted by molar-refractivity contribution is -0.134. The first-order valence-electron chi connectivity index (χ1n) is 9.44. The van der Waals surface area contributed by atoms with Gasteiger partial charge in [0, 0.05) is 13.1 Å². The van der Waals surface area contributed by atoms with Crippen molar-refractivity contribution in [1.29, 1.82) is 0 Å². The van der Waals surface area contributed by atoms with E-state index < -0.39 is 0 Å². The number of amides is 1. The second kappa shape index (κ2) is 8.63. The topological polar surface area (TPSA) is 43.8 Å². The molecule has 0 spiro atoms. The van der Waals surface area contributed by atoms with E-state index in [-0.39, 0.29) is 12.0 Å². The standard InChI is InChI=1S/C20H30N2O2/c23-19(9-8-17-6-2-1-3-7-17)18-10-14-22(15-11-18)20(24)16-21-12-4-5-13-21/h1-3,6-7,18-19,23H,4-5,8-16H2. The number of likely N-dealkylation sites (tertiary alicyclic amines) is 2. The van der Waals surface area contributed by atoms with Gasteiger partial charge in [-0.1, -0.05) is 30.3 Å². The zero-order valence-electron chi connectivity index (χ0n) is 14.6. The Bertz CT molecular complexity index is 506. The molecular formula is C20H30N2O2. The summed E-state index contributed by atoms with van der Waals surface area (Å²) in [6, 6.07) is 10.4. The van der Waals surface area contributed by atoms with Crippen LogP contribution in [0.1, 0.15) is 37.7 Å². The molecule has 4 nitrogen and oxygen atoms in total. The van der Waals surface area contributed by atoms with Gasteiger partial charge >= 0.3 is 0 Å². The van der Waals surface area contributed by atoms with Crippen LogP contribution in [-0.2, 0) is 11.2 Å². The van der Waals surface area contributed by atoms with Crippen molar-refractivity contribution in [2.45, 2.75) is 44.6 Å². The fourth-order valence-electron chi connectivity index (χ4n) is 3.96. The van der Waals surface area contributed by atoms with E-state index in [1.807, 2.05) is 23.1 Å². The highest BCUT2D eigenvalue weighted by Gasteiger charge is 2.28. The first kappa shape index (κ1) is 17.4. The fraction of sp³-hybridized carbons (Fsp3) is 0.650. The molecule has 0 aliphatic carbocycles. The Morgan fingerprint density at radius 2 is 1.75 bits per heavy atom. The number of carbonyl (C=O) groups excluding carboxylic acids is 1. The van der Waals surface area contributed by atoms with Gasteiger partial charge in [0.1, 0.15) is 0 Å². The van der Waals surface area contributed by atoms with Crippen LogP contribution in [0.2, 0.25) is 0 Å². The van der Waals surface area contributed by atoms with E-state index in [1.54, 1.807) is 0 Å². The number of aliphatic hydroxyl groups is 1. The van der Waals surface area contributed by atoms with Gasteiger partial charge in [-0.25, -0.2) is 0 Å². The van der Waals surface area contributed by atoms with Crippen molar-refractivity contribution in [2.24, 2.45) is 5.92 Å². The Labute approximate surface area is 145 Å². The molecule has 0 saturated carbocycles. The van der Waals surface area contributed by atoms with E-state index in [2.05, 4.69) is 17.0 Å². The molecule has 2 saturated heterocycles. The Morgan fingerprint density at radius 3 is 2.42 bits per heavy atom. The quantitative estimate of drug-likeness (QED) is 0.870. The number of hydrogen-bond acceptors (Lipinski definition) is 3. The van der Waals surface area contributed by atoms with Crippen LogP contribution in [-0.4, -0.2) is 59.6 Å². The van der Waals surface area contributed by atoms with E-state index >= 15 is 0 Å². The molecule has 2 aliphatic rings. The molecule has 24 heavy (non-hydrogen) atoms. The number of aliphatic hydroxyl groups excluding tert-OH is 1. The van der Waals surface area contributed by atoms with E-state index in [4.69, 9.17) is 0 Å². The minimum atomic E-state index is -0.249. The number of benzene rings is 1. The fourth-order valence-corrected chi connectivity index (χ4v) is 3.96. The Balaban J connectivity index is 1.38. The van der Waals surface area contributed by atoms with Gasteiger partial charge in [-0.05, 0) is 63.1 Å². The minimum Gasteiger partial charge on any atom is -0.393 e. The molecule has 2 heterocycles. The Morgan fingerprint density at radius 1 is 1.08 bits per heavy atom. The molecule has 3 rings (SSSR count). The van der Waals surface area contributed by atoms with E-state index in [9.17, 15) is 9.90 Å². The van der Waals surface area contributed by atoms with E-state index in [0.717, 1.165) is 51.9 Å². The van der Waals surface area contributed by atoms with Crippen LogP contribution in [0.3, 0.4) is 0 Å². The molecule has 1 amide bonds. The summed E-state index contributed by atoms with van der Waals surface area (Å²) < 4.78 is 0. The minimum absolute atomic E-state index is 0.249. The summed E-state index contributed by atoms with van der Waals surface area (Å²) in [7, 11) is 0. The molecule has 1 N–H and O–H groups in total. The van der Waals surface area contributed by atoms with E-state index in [0.29, 0.717) is 12.5 Å². The van der Waals surface area contributed by atoms with Gasteiger partial charge in [0.15, 0.2) is 0 Å². The third-order valence-corrected chi connectivity index (χ3v) is 5.57. The van der Waals surface area contributed by atoms with Crippen molar-refractivity contribution in [3.8, 4) is 0 Å². The van der Waals surface area contributed by atoms with Crippen LogP contribution in [0, 0.1) is 5.92 Å². The summed E-state index contributed by atoms with van der Waals surface area (Å²) in [5.41, 5.74) is 1.29. The molecular weight excluding hydrogens is 300 g/mol. The maximum atomic E-state index is 12.4. The zero-order chi connectivity index (χ0) is 16.8. The van der Waals surface area contributed by atoms with Crippen LogP contribution >= 0.6 is 0 Å². The van der Waals surface area contributed by atoms with Gasteiger partial charge in [-0.15, -0.1) is 0 Å². The highest BCUT2D eigenvalue weighted by Crippen LogP contribution is 2.24. The first-order valence-corrected chi connectivity index (χ1v) is 9.44. The average Bonchev–Trinajstić information content (AvgIpc) is 3.13. The number of carbonyl (C=O) groups is 1. The summed E-state index contributed by atoms with van der Waals surface area (Å²) in [5.74, 6) is 0.610. The van der Waals surface area contributed by atoms with Crippen LogP contribution in [0.5, 0.6) is 0 Å². The summed E-state index contributed by atoms with van der Waals surface area (Å²) in [6.07, 6.45) is 5.81. The Kier molecular flexibility index (Phi) is 6.27. The molecule has 4 heteroatoms. The van der Waals surface area contributed by atoms with Gasteiger partial charge in [-0.2, -0.15) is 0 Å². The van der Waals surface area contributed by atoms with Crippen molar-refractivity contribution < 1.29 is 9.90 Å². The van der Waals surface area contributed by atoms with Crippen molar-refractivity contribution >= 4 is 5.91 Å². The number of aryl methyl sites for hydroxylation is 1. The van der Waals surface area contributed by atoms with Crippen molar-refractivity contribution in [1.82, 2.24) is 9.80 Å². The predicted molar refractivity (Wildman–Crippen MR) is 95.7 cm³/mol. The second-order valence-electron chi connectivity index (χ2n) is 7.29. The smallest absolute Gasteiger partial charge is 0.236 e. The second-order valence-corrected chi connectivity index (χ2v) is 7.29. The summed E-state index contributed by atoms with van der Waals surface area (Å²) in [4.78, 5) is 16.6. The molecule has 132 valence electrons. The molecule has 0 aromatic heterocycles. The summed E-state index contributed by atoms with van der Waals surface area (Å²) in [6.45, 7) is 4.33. The number of piperidine rings is 1. The van der Waals surface area contributed by atoms with Gasteiger partial charge in [0.05, 0.1) is 12.6 Å². The number of hydrogen-bond donors (Lipinski definition) is 1. The van der Waals surface area contributed by atoms with Crippen LogP contribution < -0.4 is 0 Å². The average molecular weight is 330 g/mol. The monoisotopic (exact) mass is 330 g/mol. The van der Waals surface area contributed by atoms with Crippen LogP contribution in [0.4, 0.5) is 0 Å². The summed E-state index contributed by atoms with van der Waals surface area (Å²) >= 11 is 0. The molecule has 0 radical (unpaired) electrons. The maximum Gasteiger partial charge on any atom is 0.236 e. The molecule has 2 fully saturated rings. The third kappa shape index (κ3) is 4.81. The largest absolute Gasteiger partial charge is 0.393 e.